The monoisotopic (exact) mass is 1120 g/mol. The lowest BCUT2D eigenvalue weighted by Crippen LogP contribution is -2.39. The zero-order valence-electron chi connectivity index (χ0n) is 61.7. The van der Waals surface area contributed by atoms with Gasteiger partial charge in [0.1, 0.15) is 0 Å². The van der Waals surface area contributed by atoms with E-state index < -0.39 is 0 Å². The molecule has 80 heavy (non-hydrogen) atoms. The maximum atomic E-state index is 2.39. The van der Waals surface area contributed by atoms with Gasteiger partial charge >= 0.3 is 0 Å². The normalized spacial score (nSPS) is 42.7. The molecule has 15 atom stereocenters. The Kier molecular flexibility index (Phi) is 36.1. The van der Waals surface area contributed by atoms with Crippen LogP contribution in [0.15, 0.2) is 0 Å². The van der Waals surface area contributed by atoms with E-state index in [-0.39, 0.29) is 0 Å². The van der Waals surface area contributed by atoms with Crippen molar-refractivity contribution in [1.82, 2.24) is 0 Å². The van der Waals surface area contributed by atoms with E-state index in [1.54, 1.807) is 0 Å². The lowest BCUT2D eigenvalue weighted by atomic mass is 9.60. The van der Waals surface area contributed by atoms with E-state index in [1.807, 2.05) is 0 Å². The summed E-state index contributed by atoms with van der Waals surface area (Å²) in [6.45, 7) is 71.0. The first-order valence-corrected chi connectivity index (χ1v) is 36.8. The minimum absolute atomic E-state index is 0.653. The van der Waals surface area contributed by atoms with E-state index in [2.05, 4.69) is 208 Å². The predicted molar refractivity (Wildman–Crippen MR) is 368 cm³/mol. The molecule has 12 unspecified atom stereocenters. The molecule has 0 aliphatic heterocycles. The summed E-state index contributed by atoms with van der Waals surface area (Å²) in [5.41, 5.74) is 2.64. The Hall–Kier alpha value is 0. The van der Waals surface area contributed by atoms with Gasteiger partial charge < -0.3 is 0 Å². The molecule has 480 valence electrons. The van der Waals surface area contributed by atoms with Crippen molar-refractivity contribution in [3.63, 3.8) is 0 Å². The number of hydrogen-bond donors (Lipinski definition) is 0. The van der Waals surface area contributed by atoms with E-state index in [0.29, 0.717) is 21.7 Å². The minimum Gasteiger partial charge on any atom is -0.0651 e. The lowest BCUT2D eigenvalue weighted by molar-refractivity contribution is 0.0302. The van der Waals surface area contributed by atoms with Crippen LogP contribution in [0.25, 0.3) is 0 Å². The third kappa shape index (κ3) is 29.1. The van der Waals surface area contributed by atoms with Crippen LogP contribution in [0, 0.1) is 152 Å². The van der Waals surface area contributed by atoms with Gasteiger partial charge in [-0.1, -0.05) is 298 Å². The van der Waals surface area contributed by atoms with Crippen LogP contribution >= 0.6 is 0 Å². The first kappa shape index (κ1) is 78.0. The molecular formula is C80H160. The van der Waals surface area contributed by atoms with Crippen molar-refractivity contribution < 1.29 is 0 Å². The van der Waals surface area contributed by atoms with Gasteiger partial charge in [0.2, 0.25) is 0 Å². The molecule has 0 aromatic carbocycles. The second-order valence-electron chi connectivity index (χ2n) is 35.9. The predicted octanol–water partition coefficient (Wildman–Crippen LogP) is 27.5. The molecule has 0 aromatic rings. The number of rotatable bonds is 1. The maximum absolute atomic E-state index is 2.39. The van der Waals surface area contributed by atoms with E-state index in [0.717, 1.165) is 130 Å². The van der Waals surface area contributed by atoms with Gasteiger partial charge in [-0.2, -0.15) is 0 Å². The molecule has 0 nitrogen and oxygen atoms in total. The largest absolute Gasteiger partial charge is 0.0651 e. The molecule has 0 aromatic heterocycles. The Labute approximate surface area is 511 Å². The van der Waals surface area contributed by atoms with Gasteiger partial charge in [0.05, 0.1) is 0 Å². The molecule has 0 heteroatoms. The molecular weight excluding hydrogens is 961 g/mol. The van der Waals surface area contributed by atoms with Crippen molar-refractivity contribution in [3.8, 4) is 0 Å². The fraction of sp³-hybridized carbons (Fsp3) is 1.00. The van der Waals surface area contributed by atoms with Crippen LogP contribution in [0.5, 0.6) is 0 Å². The van der Waals surface area contributed by atoms with Gasteiger partial charge in [-0.05, 0) is 216 Å². The van der Waals surface area contributed by atoms with Crippen molar-refractivity contribution in [2.75, 3.05) is 0 Å². The van der Waals surface area contributed by atoms with Crippen molar-refractivity contribution in [1.29, 1.82) is 0 Å². The standard InChI is InChI=1S/10C8H16/c2*1-6-4-7(2)8(3)5-6;2*1-7-4-5-8(2,3)6-7;2*1-7-5-4-6-8(7,2)3;2*1-6-4-5-7(2)8(6)3;1-5-6(2)8(4)7(5)3;1-3-8-6-4-5-7(8)2/h2*6-8H,4-5H2,1-3H3;4*7H,4-6H2,1-3H3;2*6-8H,4-5H2,1-3H3;5-8H,1-4H3;7-8H,3-6H2,1-2H3/t6?,7-,8?;;7-;;7-;;;;;/m0.0.0...../s1. The first-order chi connectivity index (χ1) is 36.8. The third-order valence-electron chi connectivity index (χ3n) is 26.7. The zero-order chi connectivity index (χ0) is 61.7. The zero-order valence-corrected chi connectivity index (χ0v) is 61.7. The summed E-state index contributed by atoms with van der Waals surface area (Å²) in [5.74, 6) is 21.8. The Morgan fingerprint density at radius 1 is 0.263 bits per heavy atom. The van der Waals surface area contributed by atoms with Gasteiger partial charge in [-0.25, -0.2) is 0 Å². The van der Waals surface area contributed by atoms with Crippen LogP contribution in [-0.4, -0.2) is 0 Å². The van der Waals surface area contributed by atoms with Crippen molar-refractivity contribution in [3.05, 3.63) is 0 Å². The average molecular weight is 1120 g/mol. The smallest absolute Gasteiger partial charge is 0.0329 e. The second-order valence-corrected chi connectivity index (χ2v) is 35.9. The van der Waals surface area contributed by atoms with Crippen LogP contribution < -0.4 is 0 Å². The molecule has 0 heterocycles. The second kappa shape index (κ2) is 37.0. The molecule has 0 N–H and O–H groups in total. The molecule has 0 saturated heterocycles. The highest BCUT2D eigenvalue weighted by molar-refractivity contribution is 4.87. The van der Waals surface area contributed by atoms with Gasteiger partial charge in [-0.3, -0.25) is 0 Å². The molecule has 0 bridgehead atoms. The van der Waals surface area contributed by atoms with Crippen molar-refractivity contribution in [2.24, 2.45) is 152 Å². The molecule has 10 rings (SSSR count). The quantitative estimate of drug-likeness (QED) is 0.245. The molecule has 0 amide bonds. The molecule has 10 aliphatic rings. The van der Waals surface area contributed by atoms with E-state index in [1.165, 1.54) is 154 Å². The SMILES string of the molecule is CC1C(C)C(C)C1C.CC1CC(C)C(C)C1.CC1CC(C)[C@@H](C)C1.CC1CCC(C)(C)C1.CC1CCC(C)C1C.CC1CCC(C)C1C.CC1CCCC1(C)C.CCC1CCCC1C.C[C@H]1CCC(C)(C)C1.C[C@H]1CCCC1(C)C. The molecule has 10 saturated carbocycles. The summed E-state index contributed by atoms with van der Waals surface area (Å²) >= 11 is 0. The fourth-order valence-electron chi connectivity index (χ4n) is 17.1. The minimum atomic E-state index is 0.653. The molecule has 0 spiro atoms. The Balaban J connectivity index is 0.000000444. The van der Waals surface area contributed by atoms with Gasteiger partial charge in [0, 0.05) is 0 Å². The summed E-state index contributed by atoms with van der Waals surface area (Å²) < 4.78 is 0. The molecule has 0 radical (unpaired) electrons. The highest BCUT2D eigenvalue weighted by Crippen LogP contribution is 2.46. The van der Waals surface area contributed by atoms with Gasteiger partial charge in [0.25, 0.3) is 0 Å². The van der Waals surface area contributed by atoms with Crippen LogP contribution in [0.4, 0.5) is 0 Å². The van der Waals surface area contributed by atoms with E-state index in [9.17, 15) is 0 Å². The number of hydrogen-bond acceptors (Lipinski definition) is 0. The summed E-state index contributed by atoms with van der Waals surface area (Å²) in [6, 6.07) is 0. The van der Waals surface area contributed by atoms with Gasteiger partial charge in [-0.15, -0.1) is 0 Å². The summed E-state index contributed by atoms with van der Waals surface area (Å²) in [4.78, 5) is 0. The van der Waals surface area contributed by atoms with Gasteiger partial charge in [0.15, 0.2) is 0 Å². The fourth-order valence-corrected chi connectivity index (χ4v) is 17.1. The van der Waals surface area contributed by atoms with Crippen LogP contribution in [-0.2, 0) is 0 Å². The highest BCUT2D eigenvalue weighted by atomic mass is 14.4. The maximum Gasteiger partial charge on any atom is -0.0329 e. The Morgan fingerprint density at radius 3 is 0.637 bits per heavy atom. The van der Waals surface area contributed by atoms with E-state index in [4.69, 9.17) is 0 Å². The third-order valence-corrected chi connectivity index (χ3v) is 26.7. The Bertz CT molecular complexity index is 1360. The van der Waals surface area contributed by atoms with Crippen LogP contribution in [0.3, 0.4) is 0 Å². The summed E-state index contributed by atoms with van der Waals surface area (Å²) in [6.07, 6.45) is 34.9. The summed E-state index contributed by atoms with van der Waals surface area (Å²) in [7, 11) is 0. The molecule has 10 fully saturated rings. The molecule has 10 aliphatic carbocycles. The summed E-state index contributed by atoms with van der Waals surface area (Å²) in [5, 5.41) is 0. The van der Waals surface area contributed by atoms with Crippen molar-refractivity contribution >= 4 is 0 Å². The van der Waals surface area contributed by atoms with Crippen molar-refractivity contribution in [2.45, 2.75) is 362 Å². The van der Waals surface area contributed by atoms with E-state index >= 15 is 0 Å². The lowest BCUT2D eigenvalue weighted by Gasteiger charge is -2.45. The topological polar surface area (TPSA) is 0 Å². The van der Waals surface area contributed by atoms with Crippen LogP contribution in [0.1, 0.15) is 362 Å². The average Bonchev–Trinajstić information content (AvgIpc) is 4.30. The Morgan fingerprint density at radius 2 is 0.550 bits per heavy atom. The van der Waals surface area contributed by atoms with Crippen LogP contribution in [0.2, 0.25) is 0 Å². The first-order valence-electron chi connectivity index (χ1n) is 36.8. The highest BCUT2D eigenvalue weighted by Gasteiger charge is 2.38.